The molecule has 1 aromatic heterocycles. The summed E-state index contributed by atoms with van der Waals surface area (Å²) >= 11 is 0. The molecule has 19 heavy (non-hydrogen) atoms. The van der Waals surface area contributed by atoms with Crippen LogP contribution in [-0.2, 0) is 0 Å². The zero-order valence-corrected chi connectivity index (χ0v) is 11.2. The lowest BCUT2D eigenvalue weighted by Gasteiger charge is -2.15. The van der Waals surface area contributed by atoms with E-state index in [1.165, 1.54) is 12.1 Å². The number of hydrogen-bond acceptors (Lipinski definition) is 6. The lowest BCUT2D eigenvalue weighted by atomic mass is 10.0. The van der Waals surface area contributed by atoms with Gasteiger partial charge in [-0.25, -0.2) is 4.98 Å². The van der Waals surface area contributed by atoms with Crippen molar-refractivity contribution >= 4 is 17.3 Å². The van der Waals surface area contributed by atoms with E-state index in [1.807, 2.05) is 6.92 Å². The van der Waals surface area contributed by atoms with Crippen LogP contribution in [0.15, 0.2) is 12.1 Å². The standard InChI is InChI=1S/C12H20N4O3/c1-3-9(4-5-17)8-14-12-7-10(16(18)19)6-11(13-2)15-12/h6-7,9,17H,3-5,8H2,1-2H3,(H2,13,14,15). The van der Waals surface area contributed by atoms with Crippen molar-refractivity contribution in [3.8, 4) is 0 Å². The molecule has 7 nitrogen and oxygen atoms in total. The topological polar surface area (TPSA) is 100 Å². The number of nitrogens with zero attached hydrogens (tertiary/aromatic N) is 2. The molecule has 0 aromatic carbocycles. The summed E-state index contributed by atoms with van der Waals surface area (Å²) in [5.74, 6) is 1.24. The predicted molar refractivity (Wildman–Crippen MR) is 74.4 cm³/mol. The number of aliphatic hydroxyl groups is 1. The van der Waals surface area contributed by atoms with Gasteiger partial charge in [-0.1, -0.05) is 13.3 Å². The van der Waals surface area contributed by atoms with Crippen LogP contribution in [0, 0.1) is 16.0 Å². The Morgan fingerprint density at radius 3 is 2.68 bits per heavy atom. The minimum atomic E-state index is -0.446. The fraction of sp³-hybridized carbons (Fsp3) is 0.583. The van der Waals surface area contributed by atoms with Gasteiger partial charge in [-0.05, 0) is 12.3 Å². The lowest BCUT2D eigenvalue weighted by Crippen LogP contribution is -2.16. The van der Waals surface area contributed by atoms with Crippen LogP contribution in [0.1, 0.15) is 19.8 Å². The average Bonchev–Trinajstić information content (AvgIpc) is 2.42. The number of pyridine rings is 1. The van der Waals surface area contributed by atoms with Gasteiger partial charge in [-0.3, -0.25) is 10.1 Å². The van der Waals surface area contributed by atoms with Gasteiger partial charge in [-0.15, -0.1) is 0 Å². The summed E-state index contributed by atoms with van der Waals surface area (Å²) in [5, 5.41) is 25.6. The van der Waals surface area contributed by atoms with Crippen molar-refractivity contribution in [1.29, 1.82) is 0 Å². The summed E-state index contributed by atoms with van der Waals surface area (Å²) in [6, 6.07) is 2.79. The quantitative estimate of drug-likeness (QED) is 0.491. The highest BCUT2D eigenvalue weighted by atomic mass is 16.6. The van der Waals surface area contributed by atoms with Crippen LogP contribution in [0.4, 0.5) is 17.3 Å². The molecule has 1 aromatic rings. The van der Waals surface area contributed by atoms with Gasteiger partial charge in [0.25, 0.3) is 5.69 Å². The third-order valence-electron chi connectivity index (χ3n) is 2.96. The van der Waals surface area contributed by atoms with E-state index in [4.69, 9.17) is 5.11 Å². The summed E-state index contributed by atoms with van der Waals surface area (Å²) in [6.45, 7) is 2.82. The number of anilines is 2. The van der Waals surface area contributed by atoms with Gasteiger partial charge in [0.15, 0.2) is 0 Å². The molecule has 0 bridgehead atoms. The van der Waals surface area contributed by atoms with E-state index < -0.39 is 4.92 Å². The predicted octanol–water partition coefficient (Wildman–Crippen LogP) is 1.85. The van der Waals surface area contributed by atoms with Crippen molar-refractivity contribution in [1.82, 2.24) is 4.98 Å². The van der Waals surface area contributed by atoms with E-state index in [-0.39, 0.29) is 12.3 Å². The number of aliphatic hydroxyl groups excluding tert-OH is 1. The van der Waals surface area contributed by atoms with Gasteiger partial charge in [0.1, 0.15) is 11.6 Å². The molecule has 1 heterocycles. The van der Waals surface area contributed by atoms with Gasteiger partial charge in [-0.2, -0.15) is 0 Å². The van der Waals surface area contributed by atoms with Crippen LogP contribution in [0.2, 0.25) is 0 Å². The first-order valence-corrected chi connectivity index (χ1v) is 6.29. The molecule has 7 heteroatoms. The van der Waals surface area contributed by atoms with Gasteiger partial charge in [0, 0.05) is 20.2 Å². The number of nitro groups is 1. The maximum absolute atomic E-state index is 10.8. The highest BCUT2D eigenvalue weighted by molar-refractivity contribution is 5.54. The van der Waals surface area contributed by atoms with Crippen molar-refractivity contribution in [3.05, 3.63) is 22.2 Å². The Balaban J connectivity index is 2.76. The largest absolute Gasteiger partial charge is 0.396 e. The number of hydrogen-bond donors (Lipinski definition) is 3. The van der Waals surface area contributed by atoms with Gasteiger partial charge >= 0.3 is 0 Å². The van der Waals surface area contributed by atoms with E-state index in [1.54, 1.807) is 7.05 Å². The second-order valence-electron chi connectivity index (χ2n) is 4.27. The van der Waals surface area contributed by atoms with E-state index in [0.29, 0.717) is 30.5 Å². The molecular formula is C12H20N4O3. The van der Waals surface area contributed by atoms with Crippen molar-refractivity contribution in [2.45, 2.75) is 19.8 Å². The Morgan fingerprint density at radius 1 is 1.47 bits per heavy atom. The fourth-order valence-electron chi connectivity index (χ4n) is 1.72. The zero-order valence-electron chi connectivity index (χ0n) is 11.2. The van der Waals surface area contributed by atoms with Gasteiger partial charge in [0.05, 0.1) is 17.1 Å². The van der Waals surface area contributed by atoms with Crippen molar-refractivity contribution in [2.24, 2.45) is 5.92 Å². The normalized spacial score (nSPS) is 11.9. The van der Waals surface area contributed by atoms with E-state index >= 15 is 0 Å². The zero-order chi connectivity index (χ0) is 14.3. The molecule has 1 rings (SSSR count). The maximum Gasteiger partial charge on any atom is 0.276 e. The minimum absolute atomic E-state index is 0.00273. The molecule has 0 amide bonds. The average molecular weight is 268 g/mol. The summed E-state index contributed by atoms with van der Waals surface area (Å²) in [4.78, 5) is 14.6. The molecule has 1 atom stereocenters. The second-order valence-corrected chi connectivity index (χ2v) is 4.27. The van der Waals surface area contributed by atoms with Crippen LogP contribution in [-0.4, -0.2) is 35.2 Å². The highest BCUT2D eigenvalue weighted by Crippen LogP contribution is 2.21. The van der Waals surface area contributed by atoms with Crippen LogP contribution in [0.3, 0.4) is 0 Å². The van der Waals surface area contributed by atoms with Crippen LogP contribution < -0.4 is 10.6 Å². The van der Waals surface area contributed by atoms with Crippen molar-refractivity contribution < 1.29 is 10.0 Å². The summed E-state index contributed by atoms with van der Waals surface area (Å²) in [7, 11) is 1.66. The molecule has 0 fully saturated rings. The molecule has 0 saturated heterocycles. The first kappa shape index (κ1) is 15.2. The third-order valence-corrected chi connectivity index (χ3v) is 2.96. The summed E-state index contributed by atoms with van der Waals surface area (Å²) in [6.07, 6.45) is 1.64. The Morgan fingerprint density at radius 2 is 2.16 bits per heavy atom. The number of nitrogens with one attached hydrogen (secondary N) is 2. The first-order valence-electron chi connectivity index (χ1n) is 6.29. The Labute approximate surface area is 112 Å². The Hall–Kier alpha value is -1.89. The smallest absolute Gasteiger partial charge is 0.276 e. The monoisotopic (exact) mass is 268 g/mol. The summed E-state index contributed by atoms with van der Waals surface area (Å²) < 4.78 is 0. The Kier molecular flexibility index (Phi) is 6.01. The van der Waals surface area contributed by atoms with E-state index in [2.05, 4.69) is 15.6 Å². The molecular weight excluding hydrogens is 248 g/mol. The second kappa shape index (κ2) is 7.52. The third kappa shape index (κ3) is 4.70. The number of rotatable bonds is 8. The highest BCUT2D eigenvalue weighted by Gasteiger charge is 2.12. The first-order chi connectivity index (χ1) is 9.10. The van der Waals surface area contributed by atoms with Crippen molar-refractivity contribution in [2.75, 3.05) is 30.8 Å². The van der Waals surface area contributed by atoms with E-state index in [9.17, 15) is 10.1 Å². The molecule has 106 valence electrons. The van der Waals surface area contributed by atoms with Crippen LogP contribution in [0.25, 0.3) is 0 Å². The molecule has 0 spiro atoms. The molecule has 0 aliphatic rings. The molecule has 0 aliphatic carbocycles. The van der Waals surface area contributed by atoms with Crippen LogP contribution >= 0.6 is 0 Å². The lowest BCUT2D eigenvalue weighted by molar-refractivity contribution is -0.384. The summed E-state index contributed by atoms with van der Waals surface area (Å²) in [5.41, 5.74) is -0.00273. The number of aromatic nitrogens is 1. The molecule has 3 N–H and O–H groups in total. The molecule has 0 saturated carbocycles. The molecule has 0 aliphatic heterocycles. The Bertz CT molecular complexity index is 425. The fourth-order valence-corrected chi connectivity index (χ4v) is 1.72. The van der Waals surface area contributed by atoms with Crippen molar-refractivity contribution in [3.63, 3.8) is 0 Å². The maximum atomic E-state index is 10.8. The minimum Gasteiger partial charge on any atom is -0.396 e. The van der Waals surface area contributed by atoms with Crippen LogP contribution in [0.5, 0.6) is 0 Å². The van der Waals surface area contributed by atoms with E-state index in [0.717, 1.165) is 6.42 Å². The SMILES string of the molecule is CCC(CCO)CNc1cc([N+](=O)[O-])cc(NC)n1. The van der Waals surface area contributed by atoms with Gasteiger partial charge < -0.3 is 15.7 Å². The molecule has 0 radical (unpaired) electrons. The van der Waals surface area contributed by atoms with Gasteiger partial charge in [0.2, 0.25) is 0 Å². The molecule has 1 unspecified atom stereocenters.